The van der Waals surface area contributed by atoms with E-state index in [-0.39, 0.29) is 56.6 Å². The Hall–Kier alpha value is -0.930. The molecular weight excluding hydrogens is 523 g/mol. The van der Waals surface area contributed by atoms with E-state index >= 15 is 0 Å². The number of hydrogen-bond donors (Lipinski definition) is 0. The van der Waals surface area contributed by atoms with Crippen molar-refractivity contribution in [3.8, 4) is 5.75 Å². The average molecular weight is 548 g/mol. The summed E-state index contributed by atoms with van der Waals surface area (Å²) in [6.07, 6.45) is -1.16. The van der Waals surface area contributed by atoms with Gasteiger partial charge in [-0.1, -0.05) is 56.8 Å². The van der Waals surface area contributed by atoms with Crippen LogP contribution >= 0.6 is 19.6 Å². The Bertz CT molecular complexity index is 1250. The van der Waals surface area contributed by atoms with E-state index in [4.69, 9.17) is 9.05 Å². The van der Waals surface area contributed by atoms with E-state index in [0.717, 1.165) is 31.0 Å². The molecule has 1 heterocycles. The zero-order valence-corrected chi connectivity index (χ0v) is 24.1. The molecule has 0 spiro atoms. The molecule has 2 aliphatic carbocycles. The van der Waals surface area contributed by atoms with Crippen molar-refractivity contribution in [2.45, 2.75) is 62.3 Å². The van der Waals surface area contributed by atoms with E-state index < -0.39 is 26.0 Å². The largest absolute Gasteiger partial charge is 1.00 e. The maximum atomic E-state index is 13.2. The fourth-order valence-electron chi connectivity index (χ4n) is 5.91. The molecule has 11 heteroatoms. The van der Waals surface area contributed by atoms with Gasteiger partial charge in [0.15, 0.2) is 0 Å². The zero-order chi connectivity index (χ0) is 25.2. The summed E-state index contributed by atoms with van der Waals surface area (Å²) in [5.41, 5.74) is 0.159. The molecule has 2 saturated carbocycles. The van der Waals surface area contributed by atoms with Crippen molar-refractivity contribution < 1.29 is 66.0 Å². The van der Waals surface area contributed by atoms with E-state index in [1.165, 1.54) is 24.3 Å². The fraction of sp³-hybridized carbons (Fsp3) is 0.440. The summed E-state index contributed by atoms with van der Waals surface area (Å²) in [7, 11) is -4.90. The van der Waals surface area contributed by atoms with Crippen molar-refractivity contribution in [3.05, 3.63) is 53.6 Å². The molecule has 1 unspecified atom stereocenters. The summed E-state index contributed by atoms with van der Waals surface area (Å²) in [5.74, 6) is -0.190. The second kappa shape index (κ2) is 9.67. The molecule has 4 atom stereocenters. The van der Waals surface area contributed by atoms with Crippen LogP contribution in [0.5, 0.6) is 5.75 Å². The molecule has 2 aromatic rings. The number of benzene rings is 2. The number of alkyl halides is 3. The van der Waals surface area contributed by atoms with Crippen LogP contribution < -0.4 is 39.2 Å². The Morgan fingerprint density at radius 1 is 1.11 bits per heavy atom. The maximum absolute atomic E-state index is 13.2. The van der Waals surface area contributed by atoms with Crippen molar-refractivity contribution in [2.75, 3.05) is 0 Å². The van der Waals surface area contributed by atoms with Gasteiger partial charge in [-0.25, -0.2) is 0 Å². The molecule has 2 bridgehead atoms. The van der Waals surface area contributed by atoms with Crippen LogP contribution in [0, 0.1) is 16.7 Å². The Balaban J connectivity index is 0.00000304. The van der Waals surface area contributed by atoms with Crippen molar-refractivity contribution in [1.82, 2.24) is 0 Å². The first kappa shape index (κ1) is 28.1. The van der Waals surface area contributed by atoms with Gasteiger partial charge in [-0.2, -0.15) is 0 Å². The summed E-state index contributed by atoms with van der Waals surface area (Å²) in [4.78, 5) is 14.0. The standard InChI is InChI=1S/C25H26F3O5PS.Na/c1-23(2)16-11-12-24(3,14-16)22(23)33-34(29,30)32-19-13-15-7-4-5-10-20(15)35-21-17(19)8-6-9-18(21)31-25(26,27)28;/h4-10,13,16,22H,11-12,14H2,1-3H3,(H,29,30);/q;+1/p-1/t16-,22-,24+;/m1./s1. The predicted molar refractivity (Wildman–Crippen MR) is 124 cm³/mol. The Kier molecular flexibility index (Phi) is 7.55. The topological polar surface area (TPSA) is 67.8 Å². The van der Waals surface area contributed by atoms with Gasteiger partial charge in [-0.15, -0.1) is 13.2 Å². The molecule has 2 fully saturated rings. The van der Waals surface area contributed by atoms with Crippen LogP contribution in [0.25, 0.3) is 11.8 Å². The van der Waals surface area contributed by atoms with Crippen LogP contribution in [0.15, 0.2) is 52.3 Å². The van der Waals surface area contributed by atoms with Crippen LogP contribution in [-0.2, 0) is 13.6 Å². The molecule has 36 heavy (non-hydrogen) atoms. The van der Waals surface area contributed by atoms with Gasteiger partial charge in [0, 0.05) is 10.5 Å². The van der Waals surface area contributed by atoms with Gasteiger partial charge >= 0.3 is 43.7 Å². The summed E-state index contributed by atoms with van der Waals surface area (Å²) >= 11 is 1.05. The van der Waals surface area contributed by atoms with Crippen LogP contribution in [0.2, 0.25) is 0 Å². The monoisotopic (exact) mass is 548 g/mol. The van der Waals surface area contributed by atoms with Gasteiger partial charge in [-0.05, 0) is 65.8 Å². The molecule has 0 amide bonds. The van der Waals surface area contributed by atoms with Gasteiger partial charge in [0.1, 0.15) is 11.5 Å². The average Bonchev–Trinajstić information content (AvgIpc) is 3.16. The third kappa shape index (κ3) is 5.31. The van der Waals surface area contributed by atoms with Crippen molar-refractivity contribution in [1.29, 1.82) is 0 Å². The molecule has 188 valence electrons. The molecule has 1 aliphatic heterocycles. The van der Waals surface area contributed by atoms with Gasteiger partial charge in [-0.3, -0.25) is 4.57 Å². The fourth-order valence-corrected chi connectivity index (χ4v) is 8.23. The SMILES string of the molecule is CC1(C)[C@@H]2CC[C@@](C)(C2)[C@@H]1OP(=O)([O-])OC1=Cc2ccccc2Sc2c(OC(F)(F)F)cccc21.[Na+]. The number of fused-ring (bicyclic) bond motifs is 4. The normalized spacial score (nSPS) is 27.6. The minimum Gasteiger partial charge on any atom is -0.746 e. The van der Waals surface area contributed by atoms with Crippen molar-refractivity contribution >= 4 is 31.4 Å². The summed E-state index contributed by atoms with van der Waals surface area (Å²) in [6, 6.07) is 11.0. The van der Waals surface area contributed by atoms with E-state index in [1.807, 2.05) is 20.8 Å². The molecule has 5 rings (SSSR count). The molecule has 0 aromatic heterocycles. The van der Waals surface area contributed by atoms with E-state index in [0.29, 0.717) is 16.4 Å². The first-order chi connectivity index (χ1) is 16.3. The summed E-state index contributed by atoms with van der Waals surface area (Å²) in [6.45, 7) is 6.07. The Morgan fingerprint density at radius 3 is 2.50 bits per heavy atom. The molecule has 0 N–H and O–H groups in total. The van der Waals surface area contributed by atoms with Crippen molar-refractivity contribution in [3.63, 3.8) is 0 Å². The molecule has 5 nitrogen and oxygen atoms in total. The number of ether oxygens (including phenoxy) is 1. The maximum Gasteiger partial charge on any atom is 1.00 e. The van der Waals surface area contributed by atoms with E-state index in [2.05, 4.69) is 4.74 Å². The quantitative estimate of drug-likeness (QED) is 0.411. The van der Waals surface area contributed by atoms with Crippen LogP contribution in [0.3, 0.4) is 0 Å². The van der Waals surface area contributed by atoms with Gasteiger partial charge in [0.25, 0.3) is 0 Å². The first-order valence-electron chi connectivity index (χ1n) is 11.3. The van der Waals surface area contributed by atoms with Gasteiger partial charge < -0.3 is 18.7 Å². The van der Waals surface area contributed by atoms with Gasteiger partial charge in [0.05, 0.1) is 11.0 Å². The van der Waals surface area contributed by atoms with Crippen molar-refractivity contribution in [2.24, 2.45) is 16.7 Å². The third-order valence-corrected chi connectivity index (χ3v) is 9.58. The Labute approximate surface area is 234 Å². The first-order valence-corrected chi connectivity index (χ1v) is 13.6. The van der Waals surface area contributed by atoms with E-state index in [9.17, 15) is 22.6 Å². The number of phosphoric acid groups is 1. The van der Waals surface area contributed by atoms with E-state index in [1.54, 1.807) is 24.3 Å². The summed E-state index contributed by atoms with van der Waals surface area (Å²) in [5, 5.41) is 0. The second-order valence-electron chi connectivity index (χ2n) is 10.3. The van der Waals surface area contributed by atoms with Crippen LogP contribution in [0.4, 0.5) is 13.2 Å². The Morgan fingerprint density at radius 2 is 1.83 bits per heavy atom. The smallest absolute Gasteiger partial charge is 0.746 e. The molecule has 0 saturated heterocycles. The molecule has 3 aliphatic rings. The third-order valence-electron chi connectivity index (χ3n) is 7.47. The number of halogens is 3. The summed E-state index contributed by atoms with van der Waals surface area (Å²) < 4.78 is 68.0. The molecule has 0 radical (unpaired) electrons. The van der Waals surface area contributed by atoms with Crippen LogP contribution in [0.1, 0.15) is 51.2 Å². The van der Waals surface area contributed by atoms with Gasteiger partial charge in [0.2, 0.25) is 0 Å². The zero-order valence-electron chi connectivity index (χ0n) is 20.4. The minimum atomic E-state index is -4.91. The molecule has 2 aromatic carbocycles. The number of phosphoric ester groups is 1. The second-order valence-corrected chi connectivity index (χ2v) is 12.6. The predicted octanol–water partition coefficient (Wildman–Crippen LogP) is 4.27. The van der Waals surface area contributed by atoms with Crippen LogP contribution in [-0.4, -0.2) is 12.5 Å². The molecular formula is C25H25F3NaO5PS. The minimum absolute atomic E-state index is 0. The number of rotatable bonds is 5. The number of hydrogen-bond acceptors (Lipinski definition) is 6.